The fourth-order valence-corrected chi connectivity index (χ4v) is 4.18. The third-order valence-corrected chi connectivity index (χ3v) is 5.92. The Bertz CT molecular complexity index is 1340. The molecule has 0 aliphatic carbocycles. The monoisotopic (exact) mass is 446 g/mol. The maximum atomic E-state index is 13.5. The molecule has 0 saturated heterocycles. The number of nitrogens with one attached hydrogen (secondary N) is 1. The lowest BCUT2D eigenvalue weighted by Crippen LogP contribution is -2.54. The number of amides is 1. The Labute approximate surface area is 191 Å². The topological polar surface area (TPSA) is 112 Å². The molecule has 0 atom stereocenters. The quantitative estimate of drug-likeness (QED) is 0.501. The van der Waals surface area contributed by atoms with Gasteiger partial charge in [0.05, 0.1) is 30.2 Å². The standard InChI is InChI=1S/C22H26N10O/c1-14-9-23-21(26-18-6-7-24-29(18)4)27-19(14)15-8-17-20(33)32(12-16-10-25-30(5)28-16)22(2,3)13-31(17)11-15/h6-11H,12-13H2,1-5H3,(H,23,26,27). The summed E-state index contributed by atoms with van der Waals surface area (Å²) in [6, 6.07) is 3.76. The van der Waals surface area contributed by atoms with Crippen LogP contribution in [0.4, 0.5) is 11.8 Å². The van der Waals surface area contributed by atoms with Gasteiger partial charge < -0.3 is 14.8 Å². The minimum absolute atomic E-state index is 0.0388. The first-order valence-corrected chi connectivity index (χ1v) is 10.7. The van der Waals surface area contributed by atoms with E-state index in [2.05, 4.69) is 39.4 Å². The van der Waals surface area contributed by atoms with E-state index in [1.807, 2.05) is 41.8 Å². The summed E-state index contributed by atoms with van der Waals surface area (Å²) in [7, 11) is 3.62. The first-order chi connectivity index (χ1) is 15.7. The van der Waals surface area contributed by atoms with Crippen molar-refractivity contribution in [2.45, 2.75) is 39.4 Å². The van der Waals surface area contributed by atoms with Crippen LogP contribution in [-0.4, -0.2) is 55.7 Å². The molecular weight excluding hydrogens is 420 g/mol. The second-order valence-corrected chi connectivity index (χ2v) is 8.96. The Kier molecular flexibility index (Phi) is 4.76. The van der Waals surface area contributed by atoms with E-state index in [0.29, 0.717) is 24.7 Å². The van der Waals surface area contributed by atoms with Gasteiger partial charge in [-0.1, -0.05) is 0 Å². The Balaban J connectivity index is 1.47. The van der Waals surface area contributed by atoms with Gasteiger partial charge in [-0.3, -0.25) is 9.48 Å². The molecule has 33 heavy (non-hydrogen) atoms. The maximum absolute atomic E-state index is 13.5. The second kappa shape index (κ2) is 7.54. The maximum Gasteiger partial charge on any atom is 0.271 e. The highest BCUT2D eigenvalue weighted by Crippen LogP contribution is 2.32. The smallest absolute Gasteiger partial charge is 0.271 e. The number of anilines is 2. The van der Waals surface area contributed by atoms with Crippen LogP contribution in [0.25, 0.3) is 11.3 Å². The molecule has 0 radical (unpaired) electrons. The molecular formula is C22H26N10O. The number of hydrogen-bond acceptors (Lipinski definition) is 7. The molecule has 11 heteroatoms. The molecule has 1 aliphatic heterocycles. The molecule has 0 bridgehead atoms. The van der Waals surface area contributed by atoms with Gasteiger partial charge in [-0.2, -0.15) is 20.1 Å². The average Bonchev–Trinajstić information content (AvgIpc) is 3.47. The predicted molar refractivity (Wildman–Crippen MR) is 122 cm³/mol. The van der Waals surface area contributed by atoms with Crippen LogP contribution in [-0.2, 0) is 27.2 Å². The summed E-state index contributed by atoms with van der Waals surface area (Å²) in [5, 5.41) is 15.8. The summed E-state index contributed by atoms with van der Waals surface area (Å²) in [5.41, 5.74) is 3.59. The summed E-state index contributed by atoms with van der Waals surface area (Å²) in [6.45, 7) is 7.17. The van der Waals surface area contributed by atoms with Crippen molar-refractivity contribution in [3.05, 3.63) is 53.9 Å². The van der Waals surface area contributed by atoms with Gasteiger partial charge in [0, 0.05) is 44.7 Å². The van der Waals surface area contributed by atoms with E-state index in [4.69, 9.17) is 4.98 Å². The predicted octanol–water partition coefficient (Wildman–Crippen LogP) is 2.29. The third kappa shape index (κ3) is 3.75. The number of carbonyl (C=O) groups excluding carboxylic acids is 1. The minimum atomic E-state index is -0.384. The molecule has 1 N–H and O–H groups in total. The molecule has 0 saturated carbocycles. The molecule has 1 amide bonds. The van der Waals surface area contributed by atoms with Crippen LogP contribution in [0.1, 0.15) is 35.6 Å². The Morgan fingerprint density at radius 2 is 2.00 bits per heavy atom. The van der Waals surface area contributed by atoms with Crippen molar-refractivity contribution in [1.29, 1.82) is 0 Å². The van der Waals surface area contributed by atoms with Crippen molar-refractivity contribution in [2.75, 3.05) is 5.32 Å². The molecule has 5 heterocycles. The van der Waals surface area contributed by atoms with Gasteiger partial charge in [-0.25, -0.2) is 9.97 Å². The summed E-state index contributed by atoms with van der Waals surface area (Å²) in [6.07, 6.45) is 7.19. The van der Waals surface area contributed by atoms with E-state index in [9.17, 15) is 4.79 Å². The van der Waals surface area contributed by atoms with Gasteiger partial charge in [0.2, 0.25) is 5.95 Å². The lowest BCUT2D eigenvalue weighted by Gasteiger charge is -2.42. The van der Waals surface area contributed by atoms with Crippen molar-refractivity contribution < 1.29 is 4.79 Å². The SMILES string of the molecule is Cc1cnc(Nc2ccnn2C)nc1-c1cc2n(c1)CC(C)(C)N(Cc1cnn(C)n1)C2=O. The molecule has 4 aromatic rings. The third-order valence-electron chi connectivity index (χ3n) is 5.92. The molecule has 5 rings (SSSR count). The number of nitrogens with zero attached hydrogens (tertiary/aromatic N) is 9. The van der Waals surface area contributed by atoms with Crippen molar-refractivity contribution in [2.24, 2.45) is 14.1 Å². The molecule has 0 unspecified atom stereocenters. The molecule has 4 aromatic heterocycles. The molecule has 170 valence electrons. The minimum Gasteiger partial charge on any atom is -0.340 e. The van der Waals surface area contributed by atoms with Crippen molar-refractivity contribution >= 4 is 17.7 Å². The number of carbonyl (C=O) groups is 1. The van der Waals surface area contributed by atoms with E-state index < -0.39 is 0 Å². The highest BCUT2D eigenvalue weighted by Gasteiger charge is 2.39. The van der Waals surface area contributed by atoms with Gasteiger partial charge in [-0.15, -0.1) is 0 Å². The highest BCUT2D eigenvalue weighted by molar-refractivity contribution is 5.95. The van der Waals surface area contributed by atoms with Crippen LogP contribution >= 0.6 is 0 Å². The zero-order chi connectivity index (χ0) is 23.3. The normalized spacial score (nSPS) is 15.1. The van der Waals surface area contributed by atoms with Gasteiger partial charge in [0.25, 0.3) is 5.91 Å². The van der Waals surface area contributed by atoms with Gasteiger partial charge >= 0.3 is 0 Å². The van der Waals surface area contributed by atoms with Crippen LogP contribution in [0.5, 0.6) is 0 Å². The average molecular weight is 447 g/mol. The van der Waals surface area contributed by atoms with Crippen LogP contribution in [0, 0.1) is 6.92 Å². The Morgan fingerprint density at radius 3 is 2.70 bits per heavy atom. The summed E-state index contributed by atoms with van der Waals surface area (Å²) >= 11 is 0. The van der Waals surface area contributed by atoms with E-state index in [0.717, 1.165) is 28.3 Å². The summed E-state index contributed by atoms with van der Waals surface area (Å²) in [5.74, 6) is 1.22. The van der Waals surface area contributed by atoms with Crippen molar-refractivity contribution in [3.63, 3.8) is 0 Å². The van der Waals surface area contributed by atoms with Crippen LogP contribution < -0.4 is 5.32 Å². The van der Waals surface area contributed by atoms with Crippen LogP contribution in [0.2, 0.25) is 0 Å². The number of hydrogen-bond donors (Lipinski definition) is 1. The number of rotatable bonds is 5. The van der Waals surface area contributed by atoms with E-state index in [1.165, 1.54) is 4.80 Å². The van der Waals surface area contributed by atoms with Crippen LogP contribution in [0.3, 0.4) is 0 Å². The zero-order valence-corrected chi connectivity index (χ0v) is 19.3. The number of fused-ring (bicyclic) bond motifs is 1. The lowest BCUT2D eigenvalue weighted by molar-refractivity contribution is 0.0382. The van der Waals surface area contributed by atoms with Gasteiger partial charge in [-0.05, 0) is 32.4 Å². The first kappa shape index (κ1) is 20.9. The molecule has 0 spiro atoms. The largest absolute Gasteiger partial charge is 0.340 e. The Hall–Kier alpha value is -4.02. The molecule has 0 fully saturated rings. The number of aryl methyl sites for hydroxylation is 3. The first-order valence-electron chi connectivity index (χ1n) is 10.7. The fourth-order valence-electron chi connectivity index (χ4n) is 4.18. The van der Waals surface area contributed by atoms with E-state index in [1.54, 1.807) is 30.3 Å². The lowest BCUT2D eigenvalue weighted by atomic mass is 9.98. The second-order valence-electron chi connectivity index (χ2n) is 8.96. The van der Waals surface area contributed by atoms with Crippen molar-refractivity contribution in [3.8, 4) is 11.3 Å². The molecule has 0 aromatic carbocycles. The van der Waals surface area contributed by atoms with Gasteiger partial charge in [0.1, 0.15) is 17.2 Å². The fraction of sp³-hybridized carbons (Fsp3) is 0.364. The summed E-state index contributed by atoms with van der Waals surface area (Å²) in [4.78, 5) is 26.0. The Morgan fingerprint density at radius 1 is 1.18 bits per heavy atom. The summed E-state index contributed by atoms with van der Waals surface area (Å²) < 4.78 is 3.73. The number of aromatic nitrogens is 8. The van der Waals surface area contributed by atoms with Crippen LogP contribution in [0.15, 0.2) is 36.9 Å². The molecule has 1 aliphatic rings. The van der Waals surface area contributed by atoms with E-state index in [-0.39, 0.29) is 11.4 Å². The molecule has 11 nitrogen and oxygen atoms in total. The zero-order valence-electron chi connectivity index (χ0n) is 19.3. The van der Waals surface area contributed by atoms with E-state index >= 15 is 0 Å². The highest BCUT2D eigenvalue weighted by atomic mass is 16.2. The van der Waals surface area contributed by atoms with Crippen molar-refractivity contribution in [1.82, 2.24) is 44.2 Å². The van der Waals surface area contributed by atoms with Gasteiger partial charge in [0.15, 0.2) is 0 Å².